The van der Waals surface area contributed by atoms with Crippen LogP contribution in [0.2, 0.25) is 0 Å². The largest absolute Gasteiger partial charge is 0.573 e. The number of hydrogen-bond acceptors (Lipinski definition) is 3. The van der Waals surface area contributed by atoms with Crippen molar-refractivity contribution in [2.75, 3.05) is 13.7 Å². The van der Waals surface area contributed by atoms with Crippen molar-refractivity contribution in [2.45, 2.75) is 45.2 Å². The molecule has 3 nitrogen and oxygen atoms in total. The Morgan fingerprint density at radius 3 is 2.38 bits per heavy atom. The Balaban J connectivity index is 3.11. The monoisotopic (exact) mass is 305 g/mol. The second kappa shape index (κ2) is 8.24. The summed E-state index contributed by atoms with van der Waals surface area (Å²) in [6.07, 6.45) is -3.38. The number of para-hydroxylation sites is 1. The minimum Gasteiger partial charge on any atom is -0.405 e. The summed E-state index contributed by atoms with van der Waals surface area (Å²) in [5, 5.41) is 3.24. The van der Waals surface area contributed by atoms with Gasteiger partial charge in [0.05, 0.1) is 12.1 Å². The molecule has 0 saturated heterocycles. The molecule has 0 heterocycles. The minimum atomic E-state index is -4.71. The third-order valence-corrected chi connectivity index (χ3v) is 3.17. The minimum absolute atomic E-state index is 0.186. The molecule has 0 aliphatic heterocycles. The van der Waals surface area contributed by atoms with Crippen LogP contribution in [0.4, 0.5) is 13.2 Å². The van der Waals surface area contributed by atoms with E-state index in [9.17, 15) is 13.2 Å². The van der Waals surface area contributed by atoms with Crippen LogP contribution in [0, 0.1) is 0 Å². The molecule has 1 aromatic carbocycles. The van der Waals surface area contributed by atoms with E-state index in [1.807, 2.05) is 13.8 Å². The lowest BCUT2D eigenvalue weighted by molar-refractivity contribution is -0.275. The molecule has 0 fully saturated rings. The molecule has 2 atom stereocenters. The number of methoxy groups -OCH3 is 1. The number of alkyl halides is 3. The molecule has 0 amide bonds. The van der Waals surface area contributed by atoms with Gasteiger partial charge in [-0.1, -0.05) is 32.0 Å². The van der Waals surface area contributed by atoms with Crippen LogP contribution in [-0.4, -0.2) is 26.1 Å². The first-order valence-electron chi connectivity index (χ1n) is 7.03. The van der Waals surface area contributed by atoms with Crippen molar-refractivity contribution in [3.8, 4) is 5.75 Å². The van der Waals surface area contributed by atoms with Crippen LogP contribution < -0.4 is 10.1 Å². The molecule has 1 aromatic rings. The molecule has 1 N–H and O–H groups in total. The van der Waals surface area contributed by atoms with Crippen LogP contribution >= 0.6 is 0 Å². The molecule has 120 valence electrons. The molecule has 0 radical (unpaired) electrons. The van der Waals surface area contributed by atoms with E-state index >= 15 is 0 Å². The quantitative estimate of drug-likeness (QED) is 0.786. The molecule has 0 aliphatic carbocycles. The summed E-state index contributed by atoms with van der Waals surface area (Å²) in [6, 6.07) is 5.83. The van der Waals surface area contributed by atoms with Crippen LogP contribution in [0.3, 0.4) is 0 Å². The van der Waals surface area contributed by atoms with Gasteiger partial charge in [-0.2, -0.15) is 0 Å². The van der Waals surface area contributed by atoms with E-state index in [0.29, 0.717) is 18.5 Å². The third-order valence-electron chi connectivity index (χ3n) is 3.17. The predicted octanol–water partition coefficient (Wildman–Crippen LogP) is 4.05. The van der Waals surface area contributed by atoms with Gasteiger partial charge in [0.15, 0.2) is 0 Å². The van der Waals surface area contributed by atoms with Crippen molar-refractivity contribution < 1.29 is 22.6 Å². The van der Waals surface area contributed by atoms with E-state index in [-0.39, 0.29) is 17.9 Å². The Morgan fingerprint density at radius 1 is 1.19 bits per heavy atom. The molecular formula is C15H22F3NO2. The van der Waals surface area contributed by atoms with Crippen molar-refractivity contribution >= 4 is 0 Å². The zero-order valence-electron chi connectivity index (χ0n) is 12.5. The first kappa shape index (κ1) is 17.8. The summed E-state index contributed by atoms with van der Waals surface area (Å²) in [6.45, 7) is 4.61. The van der Waals surface area contributed by atoms with Crippen LogP contribution in [0.25, 0.3) is 0 Å². The maximum absolute atomic E-state index is 12.5. The van der Waals surface area contributed by atoms with Gasteiger partial charge in [0.25, 0.3) is 0 Å². The summed E-state index contributed by atoms with van der Waals surface area (Å²) < 4.78 is 47.1. The zero-order chi connectivity index (χ0) is 15.9. The summed E-state index contributed by atoms with van der Waals surface area (Å²) in [5.74, 6) is -0.186. The van der Waals surface area contributed by atoms with Crippen LogP contribution in [0.15, 0.2) is 24.3 Å². The van der Waals surface area contributed by atoms with Gasteiger partial charge in [-0.3, -0.25) is 0 Å². The third kappa shape index (κ3) is 5.55. The van der Waals surface area contributed by atoms with Gasteiger partial charge >= 0.3 is 6.36 Å². The lowest BCUT2D eigenvalue weighted by Crippen LogP contribution is -2.34. The van der Waals surface area contributed by atoms with Crippen LogP contribution in [0.5, 0.6) is 5.75 Å². The summed E-state index contributed by atoms with van der Waals surface area (Å²) in [7, 11) is 1.56. The Bertz CT molecular complexity index is 420. The molecule has 6 heteroatoms. The lowest BCUT2D eigenvalue weighted by atomic mass is 9.98. The maximum Gasteiger partial charge on any atom is 0.573 e. The Morgan fingerprint density at radius 2 is 1.86 bits per heavy atom. The predicted molar refractivity (Wildman–Crippen MR) is 75.2 cm³/mol. The maximum atomic E-state index is 12.5. The van der Waals surface area contributed by atoms with Gasteiger partial charge in [-0.05, 0) is 25.5 Å². The first-order chi connectivity index (χ1) is 9.92. The highest BCUT2D eigenvalue weighted by atomic mass is 19.4. The number of ether oxygens (including phenoxy) is 2. The normalized spacial score (nSPS) is 14.8. The fourth-order valence-electron chi connectivity index (χ4n) is 2.24. The van der Waals surface area contributed by atoms with Crippen molar-refractivity contribution in [3.05, 3.63) is 29.8 Å². The van der Waals surface area contributed by atoms with E-state index in [1.165, 1.54) is 12.1 Å². The van der Waals surface area contributed by atoms with Crippen molar-refractivity contribution in [1.82, 2.24) is 5.32 Å². The zero-order valence-corrected chi connectivity index (χ0v) is 12.5. The Labute approximate surface area is 123 Å². The van der Waals surface area contributed by atoms with Crippen molar-refractivity contribution in [1.29, 1.82) is 0 Å². The van der Waals surface area contributed by atoms with Gasteiger partial charge in [-0.25, -0.2) is 0 Å². The number of rotatable bonds is 8. The van der Waals surface area contributed by atoms with Crippen molar-refractivity contribution in [3.63, 3.8) is 0 Å². The molecule has 1 rings (SSSR count). The first-order valence-corrected chi connectivity index (χ1v) is 7.03. The lowest BCUT2D eigenvalue weighted by Gasteiger charge is -2.28. The van der Waals surface area contributed by atoms with E-state index < -0.39 is 6.36 Å². The van der Waals surface area contributed by atoms with Gasteiger partial charge in [0, 0.05) is 12.7 Å². The summed E-state index contributed by atoms with van der Waals surface area (Å²) >= 11 is 0. The van der Waals surface area contributed by atoms with Gasteiger partial charge < -0.3 is 14.8 Å². The van der Waals surface area contributed by atoms with Gasteiger partial charge in [0.2, 0.25) is 0 Å². The molecule has 2 unspecified atom stereocenters. The number of benzene rings is 1. The highest BCUT2D eigenvalue weighted by Gasteiger charge is 2.34. The Hall–Kier alpha value is -1.27. The number of halogens is 3. The molecule has 21 heavy (non-hydrogen) atoms. The highest BCUT2D eigenvalue weighted by molar-refractivity contribution is 5.36. The van der Waals surface area contributed by atoms with E-state index in [1.54, 1.807) is 19.2 Å². The van der Waals surface area contributed by atoms with Crippen LogP contribution in [-0.2, 0) is 4.74 Å². The van der Waals surface area contributed by atoms with E-state index in [4.69, 9.17) is 4.74 Å². The summed E-state index contributed by atoms with van der Waals surface area (Å²) in [4.78, 5) is 0. The Kier molecular flexibility index (Phi) is 6.98. The number of nitrogens with one attached hydrogen (secondary N) is 1. The topological polar surface area (TPSA) is 30.5 Å². The molecule has 0 saturated carbocycles. The molecular weight excluding hydrogens is 283 g/mol. The standard InChI is InChI=1S/C15H22F3NO2/c1-4-10-19-14(12(5-2)20-3)11-8-6-7-9-13(11)21-15(16,17)18/h6-9,12,14,19H,4-5,10H2,1-3H3. The van der Waals surface area contributed by atoms with Crippen molar-refractivity contribution in [2.24, 2.45) is 0 Å². The highest BCUT2D eigenvalue weighted by Crippen LogP contribution is 2.33. The van der Waals surface area contributed by atoms with E-state index in [0.717, 1.165) is 6.42 Å². The second-order valence-electron chi connectivity index (χ2n) is 4.70. The average Bonchev–Trinajstić information content (AvgIpc) is 2.43. The number of hydrogen-bond donors (Lipinski definition) is 1. The molecule has 0 aromatic heterocycles. The smallest absolute Gasteiger partial charge is 0.405 e. The second-order valence-corrected chi connectivity index (χ2v) is 4.70. The fourth-order valence-corrected chi connectivity index (χ4v) is 2.24. The fraction of sp³-hybridized carbons (Fsp3) is 0.600. The molecule has 0 aliphatic rings. The van der Waals surface area contributed by atoms with E-state index in [2.05, 4.69) is 10.1 Å². The van der Waals surface area contributed by atoms with Crippen LogP contribution in [0.1, 0.15) is 38.3 Å². The molecule has 0 spiro atoms. The van der Waals surface area contributed by atoms with Gasteiger partial charge in [-0.15, -0.1) is 13.2 Å². The van der Waals surface area contributed by atoms with Gasteiger partial charge in [0.1, 0.15) is 5.75 Å². The molecule has 0 bridgehead atoms. The SMILES string of the molecule is CCCNC(c1ccccc1OC(F)(F)F)C(CC)OC. The summed E-state index contributed by atoms with van der Waals surface area (Å²) in [5.41, 5.74) is 0.456. The average molecular weight is 305 g/mol.